The van der Waals surface area contributed by atoms with Gasteiger partial charge in [0.05, 0.1) is 5.92 Å². The lowest BCUT2D eigenvalue weighted by molar-refractivity contribution is -0.136. The lowest BCUT2D eigenvalue weighted by Gasteiger charge is -2.44. The number of rotatable bonds is 4. The van der Waals surface area contributed by atoms with Crippen LogP contribution in [0.3, 0.4) is 0 Å². The molecule has 3 aliphatic rings. The van der Waals surface area contributed by atoms with Gasteiger partial charge >= 0.3 is 0 Å². The number of likely N-dealkylation sites (tertiary alicyclic amines) is 1. The van der Waals surface area contributed by atoms with E-state index in [4.69, 9.17) is 0 Å². The summed E-state index contributed by atoms with van der Waals surface area (Å²) in [5.41, 5.74) is 1.24. The van der Waals surface area contributed by atoms with Crippen LogP contribution in [0.15, 0.2) is 42.5 Å². The minimum atomic E-state index is -0.607. The molecule has 1 saturated carbocycles. The number of halogens is 3. The highest BCUT2D eigenvalue weighted by Crippen LogP contribution is 2.41. The second-order valence-electron chi connectivity index (χ2n) is 11.3. The Labute approximate surface area is 205 Å². The molecule has 2 aromatic rings. The van der Waals surface area contributed by atoms with Crippen molar-refractivity contribution < 1.29 is 18.0 Å². The summed E-state index contributed by atoms with van der Waals surface area (Å²) in [5, 5.41) is 0. The van der Waals surface area contributed by atoms with E-state index < -0.39 is 11.6 Å². The van der Waals surface area contributed by atoms with E-state index >= 15 is 0 Å². The first-order chi connectivity index (χ1) is 16.6. The van der Waals surface area contributed by atoms with Crippen LogP contribution in [-0.4, -0.2) is 60.0 Å². The van der Waals surface area contributed by atoms with Crippen molar-refractivity contribution >= 4 is 11.6 Å². The van der Waals surface area contributed by atoms with Gasteiger partial charge in [0, 0.05) is 62.0 Å². The zero-order chi connectivity index (χ0) is 24.9. The van der Waals surface area contributed by atoms with Gasteiger partial charge in [0.2, 0.25) is 5.91 Å². The number of amides is 1. The SMILES string of the molecule is CC(C)(C)N1CC(C(=O)N2CCN(c3ccc(F)cc3)C(C3CC3)C2)C(c2ccc(F)cc2F)C1. The summed E-state index contributed by atoms with van der Waals surface area (Å²) in [7, 11) is 0. The van der Waals surface area contributed by atoms with Gasteiger partial charge in [-0.05, 0) is 75.4 Å². The minimum Gasteiger partial charge on any atom is -0.365 e. The fourth-order valence-electron chi connectivity index (χ4n) is 5.80. The van der Waals surface area contributed by atoms with Crippen LogP contribution in [0.4, 0.5) is 18.9 Å². The topological polar surface area (TPSA) is 26.8 Å². The van der Waals surface area contributed by atoms with Crippen molar-refractivity contribution in [2.24, 2.45) is 11.8 Å². The van der Waals surface area contributed by atoms with E-state index in [9.17, 15) is 18.0 Å². The van der Waals surface area contributed by atoms with Gasteiger partial charge in [0.1, 0.15) is 17.5 Å². The lowest BCUT2D eigenvalue weighted by Crippen LogP contribution is -2.57. The zero-order valence-electron chi connectivity index (χ0n) is 20.7. The molecule has 3 unspecified atom stereocenters. The maximum absolute atomic E-state index is 14.8. The third kappa shape index (κ3) is 4.92. The Kier molecular flexibility index (Phi) is 6.32. The molecule has 188 valence electrons. The van der Waals surface area contributed by atoms with Crippen LogP contribution in [0.5, 0.6) is 0 Å². The standard InChI is InChI=1S/C28H34F3N3O/c1-28(2,3)33-15-23(22-11-8-20(30)14-25(22)31)24(16-33)27(35)32-12-13-34(26(17-32)18-4-5-18)21-9-6-19(29)7-10-21/h6-11,14,18,23-24,26H,4-5,12-13,15-17H2,1-3H3. The highest BCUT2D eigenvalue weighted by atomic mass is 19.1. The average Bonchev–Trinajstić information content (AvgIpc) is 3.56. The van der Waals surface area contributed by atoms with Gasteiger partial charge in [-0.15, -0.1) is 0 Å². The van der Waals surface area contributed by atoms with E-state index in [0.29, 0.717) is 44.2 Å². The summed E-state index contributed by atoms with van der Waals surface area (Å²) >= 11 is 0. The van der Waals surface area contributed by atoms with Crippen LogP contribution in [0.2, 0.25) is 0 Å². The van der Waals surface area contributed by atoms with Crippen LogP contribution < -0.4 is 4.90 Å². The molecule has 2 heterocycles. The number of benzene rings is 2. The van der Waals surface area contributed by atoms with Gasteiger partial charge < -0.3 is 9.80 Å². The normalized spacial score (nSPS) is 25.8. The lowest BCUT2D eigenvalue weighted by atomic mass is 9.87. The van der Waals surface area contributed by atoms with Crippen LogP contribution in [0.1, 0.15) is 45.1 Å². The first-order valence-corrected chi connectivity index (χ1v) is 12.6. The summed E-state index contributed by atoms with van der Waals surface area (Å²) in [4.78, 5) is 20.4. The molecule has 0 N–H and O–H groups in total. The van der Waals surface area contributed by atoms with Crippen molar-refractivity contribution in [2.75, 3.05) is 37.6 Å². The van der Waals surface area contributed by atoms with E-state index in [0.717, 1.165) is 24.6 Å². The molecule has 0 aromatic heterocycles. The Hall–Kier alpha value is -2.54. The maximum Gasteiger partial charge on any atom is 0.227 e. The molecular weight excluding hydrogens is 451 g/mol. The third-order valence-corrected chi connectivity index (χ3v) is 8.00. The summed E-state index contributed by atoms with van der Waals surface area (Å²) in [5.74, 6) is -1.58. The molecule has 0 radical (unpaired) electrons. The molecule has 1 aliphatic carbocycles. The number of nitrogens with zero attached hydrogens (tertiary/aromatic N) is 3. The number of anilines is 1. The second kappa shape index (κ2) is 9.16. The molecule has 7 heteroatoms. The van der Waals surface area contributed by atoms with Crippen molar-refractivity contribution in [1.82, 2.24) is 9.80 Å². The monoisotopic (exact) mass is 485 g/mol. The van der Waals surface area contributed by atoms with E-state index in [1.54, 1.807) is 0 Å². The molecule has 3 fully saturated rings. The van der Waals surface area contributed by atoms with E-state index in [1.165, 1.54) is 24.3 Å². The summed E-state index contributed by atoms with van der Waals surface area (Å²) in [6.07, 6.45) is 2.27. The Morgan fingerprint density at radius 2 is 1.57 bits per heavy atom. The van der Waals surface area contributed by atoms with Crippen molar-refractivity contribution in [2.45, 2.75) is 51.1 Å². The average molecular weight is 486 g/mol. The molecule has 1 amide bonds. The predicted octanol–water partition coefficient (Wildman–Crippen LogP) is 5.05. The number of piperazine rings is 1. The minimum absolute atomic E-state index is 0.0508. The molecule has 2 aromatic carbocycles. The Bertz CT molecular complexity index is 1080. The second-order valence-corrected chi connectivity index (χ2v) is 11.3. The molecule has 4 nitrogen and oxygen atoms in total. The van der Waals surface area contributed by atoms with Gasteiger partial charge in [-0.25, -0.2) is 13.2 Å². The largest absolute Gasteiger partial charge is 0.365 e. The van der Waals surface area contributed by atoms with Gasteiger partial charge in [-0.3, -0.25) is 9.69 Å². The quantitative estimate of drug-likeness (QED) is 0.607. The highest BCUT2D eigenvalue weighted by molar-refractivity contribution is 5.81. The molecule has 2 saturated heterocycles. The maximum atomic E-state index is 14.8. The molecule has 3 atom stereocenters. The van der Waals surface area contributed by atoms with Crippen molar-refractivity contribution in [1.29, 1.82) is 0 Å². The highest BCUT2D eigenvalue weighted by Gasteiger charge is 2.46. The van der Waals surface area contributed by atoms with Crippen LogP contribution in [0.25, 0.3) is 0 Å². The van der Waals surface area contributed by atoms with Crippen LogP contribution in [0, 0.1) is 29.3 Å². The fourth-order valence-corrected chi connectivity index (χ4v) is 5.80. The molecule has 0 bridgehead atoms. The smallest absolute Gasteiger partial charge is 0.227 e. The molecule has 5 rings (SSSR count). The third-order valence-electron chi connectivity index (χ3n) is 8.00. The Morgan fingerprint density at radius 3 is 2.20 bits per heavy atom. The van der Waals surface area contributed by atoms with Crippen molar-refractivity contribution in [3.05, 3.63) is 65.5 Å². The number of carbonyl (C=O) groups excluding carboxylic acids is 1. The Balaban J connectivity index is 1.39. The van der Waals surface area contributed by atoms with Gasteiger partial charge in [-0.1, -0.05) is 6.07 Å². The number of hydrogen-bond donors (Lipinski definition) is 0. The van der Waals surface area contributed by atoms with Crippen LogP contribution in [-0.2, 0) is 4.79 Å². The molecule has 2 aliphatic heterocycles. The zero-order valence-corrected chi connectivity index (χ0v) is 20.7. The van der Waals surface area contributed by atoms with E-state index in [1.807, 2.05) is 17.0 Å². The molecule has 35 heavy (non-hydrogen) atoms. The van der Waals surface area contributed by atoms with E-state index in [2.05, 4.69) is 30.6 Å². The predicted molar refractivity (Wildman–Crippen MR) is 131 cm³/mol. The number of carbonyl (C=O) groups is 1. The fraction of sp³-hybridized carbons (Fsp3) is 0.536. The summed E-state index contributed by atoms with van der Waals surface area (Å²) in [6.45, 7) is 9.28. The van der Waals surface area contributed by atoms with Gasteiger partial charge in [-0.2, -0.15) is 0 Å². The van der Waals surface area contributed by atoms with Crippen molar-refractivity contribution in [3.63, 3.8) is 0 Å². The van der Waals surface area contributed by atoms with E-state index in [-0.39, 0.29) is 35.1 Å². The summed E-state index contributed by atoms with van der Waals surface area (Å²) in [6, 6.07) is 10.5. The first-order valence-electron chi connectivity index (χ1n) is 12.6. The first kappa shape index (κ1) is 24.2. The molecular formula is C28H34F3N3O. The van der Waals surface area contributed by atoms with Crippen molar-refractivity contribution in [3.8, 4) is 0 Å². The van der Waals surface area contributed by atoms with Gasteiger partial charge in [0.15, 0.2) is 0 Å². The summed E-state index contributed by atoms with van der Waals surface area (Å²) < 4.78 is 41.9. The van der Waals surface area contributed by atoms with Gasteiger partial charge in [0.25, 0.3) is 0 Å². The number of hydrogen-bond acceptors (Lipinski definition) is 3. The Morgan fingerprint density at radius 1 is 0.886 bits per heavy atom. The van der Waals surface area contributed by atoms with Crippen LogP contribution >= 0.6 is 0 Å². The molecule has 0 spiro atoms.